The first-order valence-electron chi connectivity index (χ1n) is 13.1. The number of hydrogen-bond acceptors (Lipinski definition) is 8. The molecule has 10 nitrogen and oxygen atoms in total. The number of primary sulfonamides is 1. The second-order valence-electron chi connectivity index (χ2n) is 10.4. The number of piperidine rings is 1. The molecule has 4 heterocycles. The number of aryl methyl sites for hydroxylation is 1. The lowest BCUT2D eigenvalue weighted by molar-refractivity contribution is 0.203. The van der Waals surface area contributed by atoms with Crippen LogP contribution in [0.3, 0.4) is 0 Å². The van der Waals surface area contributed by atoms with Crippen LogP contribution in [0.2, 0.25) is 0 Å². The molecule has 6 rings (SSSR count). The summed E-state index contributed by atoms with van der Waals surface area (Å²) in [5.41, 5.74) is 3.20. The van der Waals surface area contributed by atoms with Crippen molar-refractivity contribution in [3.63, 3.8) is 0 Å². The molecule has 0 amide bonds. The van der Waals surface area contributed by atoms with Crippen LogP contribution in [0.1, 0.15) is 42.7 Å². The first kappa shape index (κ1) is 25.5. The molecule has 202 valence electrons. The van der Waals surface area contributed by atoms with Gasteiger partial charge in [-0.2, -0.15) is 0 Å². The number of aromatic nitrogens is 3. The molecule has 0 radical (unpaired) electrons. The van der Waals surface area contributed by atoms with Crippen LogP contribution in [-0.4, -0.2) is 47.4 Å². The summed E-state index contributed by atoms with van der Waals surface area (Å²) in [4.78, 5) is 26.8. The molecular formula is C28H31N7O3S. The van der Waals surface area contributed by atoms with Crippen LogP contribution in [0.4, 0.5) is 23.1 Å². The standard InChI is InChI=1S/C28H31N7O3S/c1-17-14-20(2-6-23(17)18-9-12-35(13-10-18)21-3-4-21)32-27-26-19(8-11-30-28(26)36)15-25(34-27)33-24-7-5-22(16-31-24)39(29,37)38/h2,5-8,11,14-16,18,21H,3-4,9-10,12-13H2,1H3,(H,30,36)(H2,29,37,38)(H2,31,32,33,34). The first-order chi connectivity index (χ1) is 18.7. The number of H-pyrrole nitrogens is 1. The van der Waals surface area contributed by atoms with E-state index in [-0.39, 0.29) is 10.5 Å². The quantitative estimate of drug-likeness (QED) is 0.271. The molecule has 0 bridgehead atoms. The van der Waals surface area contributed by atoms with Crippen LogP contribution in [-0.2, 0) is 10.0 Å². The van der Waals surface area contributed by atoms with E-state index in [1.807, 2.05) is 6.07 Å². The monoisotopic (exact) mass is 545 g/mol. The molecule has 1 aliphatic carbocycles. The van der Waals surface area contributed by atoms with Crippen molar-refractivity contribution < 1.29 is 8.42 Å². The van der Waals surface area contributed by atoms with Gasteiger partial charge in [-0.1, -0.05) is 6.07 Å². The predicted octanol–water partition coefficient (Wildman–Crippen LogP) is 4.10. The van der Waals surface area contributed by atoms with E-state index in [0.29, 0.717) is 34.1 Å². The van der Waals surface area contributed by atoms with Gasteiger partial charge in [0, 0.05) is 24.1 Å². The lowest BCUT2D eigenvalue weighted by Crippen LogP contribution is -2.34. The van der Waals surface area contributed by atoms with E-state index in [1.165, 1.54) is 68.2 Å². The van der Waals surface area contributed by atoms with Gasteiger partial charge in [0.1, 0.15) is 22.3 Å². The molecule has 0 spiro atoms. The summed E-state index contributed by atoms with van der Waals surface area (Å²) in [5.74, 6) is 1.81. The van der Waals surface area contributed by atoms with Gasteiger partial charge >= 0.3 is 0 Å². The number of hydrogen-bond donors (Lipinski definition) is 4. The Morgan fingerprint density at radius 1 is 1.00 bits per heavy atom. The Morgan fingerprint density at radius 3 is 2.46 bits per heavy atom. The molecule has 11 heteroatoms. The van der Waals surface area contributed by atoms with Crippen molar-refractivity contribution >= 4 is 43.9 Å². The number of likely N-dealkylation sites (tertiary alicyclic amines) is 1. The minimum absolute atomic E-state index is 0.0827. The summed E-state index contributed by atoms with van der Waals surface area (Å²) < 4.78 is 23.1. The SMILES string of the molecule is Cc1cc(Nc2nc(Nc3ccc(S(N)(=O)=O)cn3)cc3cc[nH]c(=O)c23)ccc1C1CCN(C2CC2)CC1. The van der Waals surface area contributed by atoms with E-state index in [0.717, 1.165) is 11.7 Å². The largest absolute Gasteiger partial charge is 0.339 e. The van der Waals surface area contributed by atoms with Gasteiger partial charge in [-0.15, -0.1) is 0 Å². The second-order valence-corrected chi connectivity index (χ2v) is 12.0. The van der Waals surface area contributed by atoms with Crippen molar-refractivity contribution in [2.24, 2.45) is 5.14 Å². The summed E-state index contributed by atoms with van der Waals surface area (Å²) in [6, 6.07) is 13.6. The Morgan fingerprint density at radius 2 is 1.79 bits per heavy atom. The van der Waals surface area contributed by atoms with E-state index >= 15 is 0 Å². The van der Waals surface area contributed by atoms with Gasteiger partial charge in [-0.05, 0) is 105 Å². The third kappa shape index (κ3) is 5.51. The van der Waals surface area contributed by atoms with Crippen LogP contribution in [0.5, 0.6) is 0 Å². The molecule has 2 fully saturated rings. The third-order valence-corrected chi connectivity index (χ3v) is 8.54. The number of nitrogens with one attached hydrogen (secondary N) is 3. The van der Waals surface area contributed by atoms with Crippen LogP contribution < -0.4 is 21.3 Å². The second kappa shape index (κ2) is 10.1. The fourth-order valence-corrected chi connectivity index (χ4v) is 5.94. The maximum absolute atomic E-state index is 12.8. The van der Waals surface area contributed by atoms with Crippen molar-refractivity contribution in [2.75, 3.05) is 23.7 Å². The summed E-state index contributed by atoms with van der Waals surface area (Å²) in [6.45, 7) is 4.49. The summed E-state index contributed by atoms with van der Waals surface area (Å²) >= 11 is 0. The highest BCUT2D eigenvalue weighted by atomic mass is 32.2. The molecule has 1 saturated heterocycles. The van der Waals surface area contributed by atoms with Gasteiger partial charge in [0.15, 0.2) is 0 Å². The minimum atomic E-state index is -3.84. The molecule has 39 heavy (non-hydrogen) atoms. The van der Waals surface area contributed by atoms with Gasteiger partial charge in [-0.3, -0.25) is 4.79 Å². The van der Waals surface area contributed by atoms with Crippen LogP contribution >= 0.6 is 0 Å². The van der Waals surface area contributed by atoms with Crippen molar-refractivity contribution in [2.45, 2.75) is 49.5 Å². The Labute approximate surface area is 226 Å². The number of anilines is 4. The average Bonchev–Trinajstić information content (AvgIpc) is 3.75. The molecular weight excluding hydrogens is 514 g/mol. The van der Waals surface area contributed by atoms with Crippen molar-refractivity contribution in [3.8, 4) is 0 Å². The predicted molar refractivity (Wildman–Crippen MR) is 152 cm³/mol. The smallest absolute Gasteiger partial charge is 0.259 e. The number of nitrogens with zero attached hydrogens (tertiary/aromatic N) is 3. The topological polar surface area (TPSA) is 146 Å². The van der Waals surface area contributed by atoms with Crippen molar-refractivity contribution in [1.29, 1.82) is 0 Å². The van der Waals surface area contributed by atoms with E-state index in [2.05, 4.69) is 49.5 Å². The third-order valence-electron chi connectivity index (χ3n) is 7.64. The van der Waals surface area contributed by atoms with E-state index < -0.39 is 10.0 Å². The zero-order valence-electron chi connectivity index (χ0n) is 21.6. The Bertz CT molecular complexity index is 1690. The summed E-state index contributed by atoms with van der Waals surface area (Å²) in [5, 5.41) is 12.7. The minimum Gasteiger partial charge on any atom is -0.339 e. The highest BCUT2D eigenvalue weighted by Crippen LogP contribution is 2.36. The molecule has 0 atom stereocenters. The van der Waals surface area contributed by atoms with Crippen molar-refractivity contribution in [3.05, 3.63) is 76.3 Å². The van der Waals surface area contributed by atoms with E-state index in [4.69, 9.17) is 5.14 Å². The molecule has 0 unspecified atom stereocenters. The fourth-order valence-electron chi connectivity index (χ4n) is 5.49. The number of benzene rings is 1. The maximum atomic E-state index is 12.8. The van der Waals surface area contributed by atoms with Gasteiger partial charge in [-0.25, -0.2) is 23.5 Å². The van der Waals surface area contributed by atoms with Gasteiger partial charge in [0.2, 0.25) is 10.0 Å². The molecule has 1 saturated carbocycles. The Balaban J connectivity index is 1.26. The first-order valence-corrected chi connectivity index (χ1v) is 14.7. The molecule has 2 aliphatic rings. The molecule has 3 aromatic heterocycles. The fraction of sp³-hybridized carbons (Fsp3) is 0.321. The molecule has 1 aliphatic heterocycles. The molecule has 4 aromatic rings. The summed E-state index contributed by atoms with van der Waals surface area (Å²) in [6.07, 6.45) is 7.85. The zero-order chi connectivity index (χ0) is 27.1. The van der Waals surface area contributed by atoms with Gasteiger partial charge < -0.3 is 20.5 Å². The number of nitrogens with two attached hydrogens (primary N) is 1. The van der Waals surface area contributed by atoms with Crippen LogP contribution in [0, 0.1) is 6.92 Å². The lowest BCUT2D eigenvalue weighted by atomic mass is 9.86. The number of pyridine rings is 3. The highest BCUT2D eigenvalue weighted by molar-refractivity contribution is 7.89. The van der Waals surface area contributed by atoms with Gasteiger partial charge in [0.05, 0.1) is 5.39 Å². The van der Waals surface area contributed by atoms with E-state index in [9.17, 15) is 13.2 Å². The molecule has 1 aromatic carbocycles. The number of aromatic amines is 1. The van der Waals surface area contributed by atoms with Crippen LogP contribution in [0.25, 0.3) is 10.8 Å². The number of fused-ring (bicyclic) bond motifs is 1. The number of sulfonamides is 1. The van der Waals surface area contributed by atoms with Gasteiger partial charge in [0.25, 0.3) is 5.56 Å². The lowest BCUT2D eigenvalue weighted by Gasteiger charge is -2.33. The Hall–Kier alpha value is -3.80. The average molecular weight is 546 g/mol. The maximum Gasteiger partial charge on any atom is 0.259 e. The van der Waals surface area contributed by atoms with Crippen molar-refractivity contribution in [1.82, 2.24) is 19.9 Å². The number of rotatable bonds is 7. The zero-order valence-corrected chi connectivity index (χ0v) is 22.5. The normalized spacial score (nSPS) is 16.9. The van der Waals surface area contributed by atoms with Crippen LogP contribution in [0.15, 0.2) is 64.5 Å². The Kier molecular flexibility index (Phi) is 6.57. The highest BCUT2D eigenvalue weighted by Gasteiger charge is 2.32. The molecule has 5 N–H and O–H groups in total. The summed E-state index contributed by atoms with van der Waals surface area (Å²) in [7, 11) is -3.84. The van der Waals surface area contributed by atoms with E-state index in [1.54, 1.807) is 18.3 Å².